The van der Waals surface area contributed by atoms with E-state index in [0.717, 1.165) is 24.8 Å². The Balaban J connectivity index is 3.06. The molecule has 1 aromatic rings. The first-order chi connectivity index (χ1) is 9.47. The Labute approximate surface area is 126 Å². The predicted octanol–water partition coefficient (Wildman–Crippen LogP) is 3.24. The van der Waals surface area contributed by atoms with Gasteiger partial charge in [-0.15, -0.1) is 11.6 Å². The summed E-state index contributed by atoms with van der Waals surface area (Å²) in [6.45, 7) is 2.59. The molecule has 114 valence electrons. The van der Waals surface area contributed by atoms with Crippen LogP contribution >= 0.6 is 11.6 Å². The molecule has 0 aromatic heterocycles. The molecule has 20 heavy (non-hydrogen) atoms. The molecule has 0 saturated carbocycles. The van der Waals surface area contributed by atoms with Crippen LogP contribution in [0.5, 0.6) is 5.75 Å². The fourth-order valence-corrected chi connectivity index (χ4v) is 3.46. The van der Waals surface area contributed by atoms with Crippen molar-refractivity contribution in [2.45, 2.75) is 37.0 Å². The minimum absolute atomic E-state index is 0.178. The molecule has 0 amide bonds. The molecule has 0 heterocycles. The molecule has 4 nitrogen and oxygen atoms in total. The lowest BCUT2D eigenvalue weighted by molar-refractivity contribution is 0.397. The van der Waals surface area contributed by atoms with Crippen molar-refractivity contribution in [2.24, 2.45) is 0 Å². The first-order valence-corrected chi connectivity index (χ1v) is 8.64. The van der Waals surface area contributed by atoms with E-state index < -0.39 is 10.0 Å². The van der Waals surface area contributed by atoms with E-state index in [1.54, 1.807) is 25.2 Å². The van der Waals surface area contributed by atoms with Crippen molar-refractivity contribution in [3.8, 4) is 5.75 Å². The highest BCUT2D eigenvalue weighted by Gasteiger charge is 2.24. The lowest BCUT2D eigenvalue weighted by Crippen LogP contribution is -2.28. The quantitative estimate of drug-likeness (QED) is 0.546. The lowest BCUT2D eigenvalue weighted by atomic mass is 10.2. The fourth-order valence-electron chi connectivity index (χ4n) is 1.88. The van der Waals surface area contributed by atoms with Crippen molar-refractivity contribution in [3.05, 3.63) is 23.8 Å². The van der Waals surface area contributed by atoms with Crippen molar-refractivity contribution in [1.29, 1.82) is 0 Å². The minimum Gasteiger partial charge on any atom is -0.495 e. The molecule has 0 spiro atoms. The number of methoxy groups -OCH3 is 1. The average molecular weight is 320 g/mol. The van der Waals surface area contributed by atoms with Crippen LogP contribution in [0.25, 0.3) is 0 Å². The van der Waals surface area contributed by atoms with Crippen LogP contribution in [0.1, 0.15) is 31.7 Å². The topological polar surface area (TPSA) is 46.6 Å². The molecule has 0 fully saturated rings. The molecule has 0 N–H and O–H groups in total. The Bertz CT molecular complexity index is 531. The van der Waals surface area contributed by atoms with Gasteiger partial charge in [-0.05, 0) is 24.1 Å². The molecule has 1 aromatic carbocycles. The maximum absolute atomic E-state index is 12.6. The van der Waals surface area contributed by atoms with Crippen LogP contribution in [0.3, 0.4) is 0 Å². The van der Waals surface area contributed by atoms with Gasteiger partial charge in [0.05, 0.1) is 7.11 Å². The molecule has 0 bridgehead atoms. The van der Waals surface area contributed by atoms with Gasteiger partial charge in [0.2, 0.25) is 10.0 Å². The zero-order valence-electron chi connectivity index (χ0n) is 12.2. The molecule has 0 saturated heterocycles. The molecule has 0 atom stereocenters. The SMILES string of the molecule is CCCCCN(C)S(=O)(=O)c1cc(CCl)ccc1OC. The van der Waals surface area contributed by atoms with E-state index in [-0.39, 0.29) is 10.8 Å². The smallest absolute Gasteiger partial charge is 0.246 e. The monoisotopic (exact) mass is 319 g/mol. The predicted molar refractivity (Wildman–Crippen MR) is 81.9 cm³/mol. The van der Waals surface area contributed by atoms with Gasteiger partial charge in [0.1, 0.15) is 10.6 Å². The Morgan fingerprint density at radius 1 is 1.30 bits per heavy atom. The largest absolute Gasteiger partial charge is 0.495 e. The van der Waals surface area contributed by atoms with Gasteiger partial charge < -0.3 is 4.74 Å². The van der Waals surface area contributed by atoms with Crippen LogP contribution in [0.2, 0.25) is 0 Å². The van der Waals surface area contributed by atoms with Gasteiger partial charge in [-0.3, -0.25) is 0 Å². The van der Waals surface area contributed by atoms with Crippen molar-refractivity contribution in [3.63, 3.8) is 0 Å². The van der Waals surface area contributed by atoms with Crippen LogP contribution in [0.4, 0.5) is 0 Å². The van der Waals surface area contributed by atoms with E-state index in [2.05, 4.69) is 6.92 Å². The highest BCUT2D eigenvalue weighted by Crippen LogP contribution is 2.28. The van der Waals surface area contributed by atoms with E-state index in [0.29, 0.717) is 12.3 Å². The van der Waals surface area contributed by atoms with Gasteiger partial charge >= 0.3 is 0 Å². The molecular formula is C14H22ClNO3S. The van der Waals surface area contributed by atoms with Crippen molar-refractivity contribution in [1.82, 2.24) is 4.31 Å². The Morgan fingerprint density at radius 2 is 2.00 bits per heavy atom. The molecule has 0 aliphatic heterocycles. The number of hydrogen-bond donors (Lipinski definition) is 0. The second-order valence-corrected chi connectivity index (χ2v) is 6.93. The Kier molecular flexibility index (Phi) is 6.79. The number of halogens is 1. The summed E-state index contributed by atoms with van der Waals surface area (Å²) in [5, 5.41) is 0. The van der Waals surface area contributed by atoms with Crippen LogP contribution < -0.4 is 4.74 Å². The van der Waals surface area contributed by atoms with Crippen LogP contribution in [0.15, 0.2) is 23.1 Å². The summed E-state index contributed by atoms with van der Waals surface area (Å²) in [6, 6.07) is 4.99. The first kappa shape index (κ1) is 17.3. The zero-order chi connectivity index (χ0) is 15.2. The third kappa shape index (κ3) is 4.11. The summed E-state index contributed by atoms with van der Waals surface area (Å²) in [6.07, 6.45) is 2.92. The first-order valence-electron chi connectivity index (χ1n) is 6.66. The normalized spacial score (nSPS) is 11.8. The summed E-state index contributed by atoms with van der Waals surface area (Å²) in [5.41, 5.74) is 0.757. The summed E-state index contributed by atoms with van der Waals surface area (Å²) >= 11 is 5.78. The van der Waals surface area contributed by atoms with Gasteiger partial charge in [0, 0.05) is 19.5 Å². The van der Waals surface area contributed by atoms with E-state index in [4.69, 9.17) is 16.3 Å². The van der Waals surface area contributed by atoms with Gasteiger partial charge in [-0.2, -0.15) is 0 Å². The van der Waals surface area contributed by atoms with Gasteiger partial charge in [0.25, 0.3) is 0 Å². The molecule has 1 rings (SSSR count). The number of benzene rings is 1. The maximum Gasteiger partial charge on any atom is 0.246 e. The fraction of sp³-hybridized carbons (Fsp3) is 0.571. The number of nitrogens with zero attached hydrogens (tertiary/aromatic N) is 1. The standard InChI is InChI=1S/C14H22ClNO3S/c1-4-5-6-9-16(2)20(17,18)14-10-12(11-15)7-8-13(14)19-3/h7-8,10H,4-6,9,11H2,1-3H3. The Morgan fingerprint density at radius 3 is 2.55 bits per heavy atom. The molecule has 0 aliphatic rings. The van der Waals surface area contributed by atoms with Gasteiger partial charge in [-0.1, -0.05) is 25.8 Å². The molecule has 6 heteroatoms. The highest BCUT2D eigenvalue weighted by molar-refractivity contribution is 7.89. The number of hydrogen-bond acceptors (Lipinski definition) is 3. The van der Waals surface area contributed by atoms with Crippen LogP contribution in [-0.4, -0.2) is 33.4 Å². The van der Waals surface area contributed by atoms with E-state index >= 15 is 0 Å². The van der Waals surface area contributed by atoms with E-state index in [1.807, 2.05) is 0 Å². The third-order valence-electron chi connectivity index (χ3n) is 3.15. The van der Waals surface area contributed by atoms with Crippen LogP contribution in [0, 0.1) is 0 Å². The highest BCUT2D eigenvalue weighted by atomic mass is 35.5. The van der Waals surface area contributed by atoms with Crippen LogP contribution in [-0.2, 0) is 15.9 Å². The summed E-state index contributed by atoms with van der Waals surface area (Å²) in [7, 11) is -0.486. The summed E-state index contributed by atoms with van der Waals surface area (Å²) in [5.74, 6) is 0.618. The minimum atomic E-state index is -3.55. The van der Waals surface area contributed by atoms with E-state index in [1.165, 1.54) is 11.4 Å². The summed E-state index contributed by atoms with van der Waals surface area (Å²) in [4.78, 5) is 0.178. The number of unbranched alkanes of at least 4 members (excludes halogenated alkanes) is 2. The molecular weight excluding hydrogens is 298 g/mol. The number of rotatable bonds is 8. The summed E-state index contributed by atoms with van der Waals surface area (Å²) < 4.78 is 31.7. The average Bonchev–Trinajstić information content (AvgIpc) is 2.46. The molecule has 0 radical (unpaired) electrons. The van der Waals surface area contributed by atoms with Gasteiger partial charge in [-0.25, -0.2) is 12.7 Å². The van der Waals surface area contributed by atoms with Crippen molar-refractivity contribution in [2.75, 3.05) is 20.7 Å². The lowest BCUT2D eigenvalue weighted by Gasteiger charge is -2.19. The zero-order valence-corrected chi connectivity index (χ0v) is 13.8. The number of alkyl halides is 1. The van der Waals surface area contributed by atoms with E-state index in [9.17, 15) is 8.42 Å². The molecule has 0 unspecified atom stereocenters. The van der Waals surface area contributed by atoms with Gasteiger partial charge in [0.15, 0.2) is 0 Å². The van der Waals surface area contributed by atoms with Crippen molar-refractivity contribution >= 4 is 21.6 Å². The second-order valence-electron chi connectivity index (χ2n) is 4.65. The third-order valence-corrected chi connectivity index (χ3v) is 5.33. The second kappa shape index (κ2) is 7.86. The van der Waals surface area contributed by atoms with Crippen molar-refractivity contribution < 1.29 is 13.2 Å². The Hall–Kier alpha value is -0.780. The molecule has 0 aliphatic carbocycles. The maximum atomic E-state index is 12.6. The number of sulfonamides is 1. The number of ether oxygens (including phenoxy) is 1.